The molecule has 4 heteroatoms. The summed E-state index contributed by atoms with van der Waals surface area (Å²) in [6.07, 6.45) is 0.631. The Kier molecular flexibility index (Phi) is 22.6. The zero-order valence-corrected chi connectivity index (χ0v) is 22.8. The van der Waals surface area contributed by atoms with Crippen molar-refractivity contribution in [3.05, 3.63) is 116 Å². The van der Waals surface area contributed by atoms with Crippen LogP contribution in [0.5, 0.6) is 0 Å². The van der Waals surface area contributed by atoms with Crippen LogP contribution in [0.25, 0.3) is 0 Å². The summed E-state index contributed by atoms with van der Waals surface area (Å²) in [6, 6.07) is 37.5. The number of benzene rings is 3. The smallest absolute Gasteiger partial charge is 0.309 e. The molecule has 3 aromatic rings. The molecule has 31 heavy (non-hydrogen) atoms. The Morgan fingerprint density at radius 1 is 0.710 bits per heavy atom. The van der Waals surface area contributed by atoms with Crippen LogP contribution < -0.4 is 0 Å². The molecule has 1 N–H and O–H groups in total. The molecule has 0 spiro atoms. The SMILES string of the molecule is [B].[CH2-]CC(C)(C)C(C)(C)C(=O)O.[Pr].[c-]1ccccc1.[c-]1ccccc1.[c-]1ccccc1. The predicted molar refractivity (Wildman–Crippen MR) is 127 cm³/mol. The van der Waals surface area contributed by atoms with Crippen molar-refractivity contribution in [2.24, 2.45) is 10.8 Å². The number of carboxylic acids is 1. The molecule has 0 aliphatic heterocycles. The first kappa shape index (κ1) is 34.2. The molecule has 0 atom stereocenters. The largest absolute Gasteiger partial charge is 0.481 e. The van der Waals surface area contributed by atoms with Gasteiger partial charge < -0.3 is 12.0 Å². The molecule has 0 aromatic heterocycles. The summed E-state index contributed by atoms with van der Waals surface area (Å²) in [5.41, 5.74) is -0.951. The molecule has 0 aliphatic rings. The maximum absolute atomic E-state index is 10.8. The summed E-state index contributed by atoms with van der Waals surface area (Å²) < 4.78 is 0. The van der Waals surface area contributed by atoms with Crippen molar-refractivity contribution in [1.29, 1.82) is 0 Å². The molecule has 162 valence electrons. The number of carbonyl (C=O) groups is 1. The average molecular weight is 540 g/mol. The monoisotopic (exact) mass is 540 g/mol. The van der Waals surface area contributed by atoms with Crippen molar-refractivity contribution >= 4 is 14.4 Å². The number of carboxylic acid groups (broad SMARTS) is 1. The Bertz CT molecular complexity index is 578. The summed E-state index contributed by atoms with van der Waals surface area (Å²) in [6.45, 7) is 11.1. The van der Waals surface area contributed by atoms with Crippen LogP contribution in [0.15, 0.2) is 91.0 Å². The van der Waals surface area contributed by atoms with Crippen molar-refractivity contribution in [3.8, 4) is 0 Å². The Morgan fingerprint density at radius 3 is 1.03 bits per heavy atom. The van der Waals surface area contributed by atoms with Gasteiger partial charge in [0.2, 0.25) is 0 Å². The van der Waals surface area contributed by atoms with Gasteiger partial charge in [0.1, 0.15) is 0 Å². The summed E-state index contributed by atoms with van der Waals surface area (Å²) in [5.74, 6) is -0.758. The van der Waals surface area contributed by atoms with Crippen LogP contribution in [0.4, 0.5) is 0 Å². The van der Waals surface area contributed by atoms with E-state index in [1.54, 1.807) is 13.8 Å². The number of rotatable bonds is 3. The van der Waals surface area contributed by atoms with E-state index in [9.17, 15) is 4.79 Å². The standard InChI is InChI=1S/C9H17O2.3C6H5.B.Pr/c1-6-8(2,3)9(4,5)7(10)11;3*1-2-4-6-5-3-1;;/h1,6H2,2-5H3,(H,10,11);3*1-5H;;/q4*-1;;. The minimum absolute atomic E-state index is 0. The van der Waals surface area contributed by atoms with Gasteiger partial charge in [0.15, 0.2) is 0 Å². The van der Waals surface area contributed by atoms with E-state index in [0.29, 0.717) is 6.42 Å². The minimum Gasteiger partial charge on any atom is -0.481 e. The Morgan fingerprint density at radius 2 is 0.968 bits per heavy atom. The van der Waals surface area contributed by atoms with Crippen molar-refractivity contribution < 1.29 is 51.2 Å². The van der Waals surface area contributed by atoms with Crippen LogP contribution in [-0.2, 0) is 4.79 Å². The molecule has 0 fully saturated rings. The van der Waals surface area contributed by atoms with Crippen molar-refractivity contribution in [1.82, 2.24) is 0 Å². The molecule has 0 aliphatic carbocycles. The van der Waals surface area contributed by atoms with Crippen LogP contribution in [-0.4, -0.2) is 19.5 Å². The second kappa shape index (κ2) is 20.5. The topological polar surface area (TPSA) is 37.3 Å². The van der Waals surface area contributed by atoms with E-state index in [4.69, 9.17) is 5.11 Å². The van der Waals surface area contributed by atoms with Gasteiger partial charge in [-0.3, -0.25) is 4.79 Å². The molecule has 3 aromatic carbocycles. The molecule has 4 radical (unpaired) electrons. The molecule has 0 amide bonds. The van der Waals surface area contributed by atoms with Gasteiger partial charge in [-0.1, -0.05) is 13.8 Å². The fourth-order valence-corrected chi connectivity index (χ4v) is 1.63. The summed E-state index contributed by atoms with van der Waals surface area (Å²) in [7, 11) is 0. The molecule has 0 saturated heterocycles. The Labute approximate surface area is 225 Å². The Balaban J connectivity index is -0.000000342. The van der Waals surface area contributed by atoms with Gasteiger partial charge >= 0.3 is 5.97 Å². The van der Waals surface area contributed by atoms with Gasteiger partial charge in [-0.05, 0) is 19.3 Å². The predicted octanol–water partition coefficient (Wildman–Crippen LogP) is 6.43. The molecule has 0 bridgehead atoms. The first-order valence-electron chi connectivity index (χ1n) is 9.51. The van der Waals surface area contributed by atoms with E-state index in [1.807, 2.05) is 105 Å². The van der Waals surface area contributed by atoms with Crippen LogP contribution in [0, 0.1) is 77.2 Å². The normalized spacial score (nSPS) is 9.32. The van der Waals surface area contributed by atoms with Crippen molar-refractivity contribution in [2.75, 3.05) is 0 Å². The van der Waals surface area contributed by atoms with Crippen LogP contribution >= 0.6 is 0 Å². The van der Waals surface area contributed by atoms with Crippen LogP contribution in [0.3, 0.4) is 0 Å². The Hall–Kier alpha value is -1.44. The second-order valence-corrected chi connectivity index (χ2v) is 7.30. The molecular formula is C27H32BO2Pr-4. The van der Waals surface area contributed by atoms with Gasteiger partial charge in [-0.25, -0.2) is 0 Å². The first-order chi connectivity index (χ1) is 13.8. The van der Waals surface area contributed by atoms with Crippen LogP contribution in [0.1, 0.15) is 34.1 Å². The molecular weight excluding hydrogens is 508 g/mol. The zero-order chi connectivity index (χ0) is 22.0. The van der Waals surface area contributed by atoms with Crippen molar-refractivity contribution in [3.63, 3.8) is 0 Å². The van der Waals surface area contributed by atoms with E-state index in [1.165, 1.54) is 0 Å². The molecule has 0 saturated carbocycles. The van der Waals surface area contributed by atoms with E-state index in [2.05, 4.69) is 25.1 Å². The minimum atomic E-state index is -0.758. The number of hydrogen-bond donors (Lipinski definition) is 1. The molecule has 2 nitrogen and oxygen atoms in total. The quantitative estimate of drug-likeness (QED) is 0.307. The number of aliphatic carboxylic acids is 1. The van der Waals surface area contributed by atoms with E-state index in [0.717, 1.165) is 0 Å². The number of hydrogen-bond acceptors (Lipinski definition) is 1. The third-order valence-corrected chi connectivity index (χ3v) is 4.67. The van der Waals surface area contributed by atoms with Crippen LogP contribution in [0.2, 0.25) is 0 Å². The van der Waals surface area contributed by atoms with Crippen molar-refractivity contribution in [2.45, 2.75) is 34.1 Å². The molecule has 3 rings (SSSR count). The zero-order valence-electron chi connectivity index (χ0n) is 19.1. The maximum Gasteiger partial charge on any atom is 0.309 e. The molecule has 0 unspecified atom stereocenters. The average Bonchev–Trinajstić information content (AvgIpc) is 2.78. The van der Waals surface area contributed by atoms with Gasteiger partial charge in [0.05, 0.1) is 5.41 Å². The fraction of sp³-hybridized carbons (Fsp3) is 0.259. The van der Waals surface area contributed by atoms with Gasteiger partial charge in [-0.15, -0.1) is 0 Å². The van der Waals surface area contributed by atoms with E-state index < -0.39 is 11.4 Å². The third kappa shape index (κ3) is 16.9. The fourth-order valence-electron chi connectivity index (χ4n) is 1.63. The summed E-state index contributed by atoms with van der Waals surface area (Å²) >= 11 is 0. The van der Waals surface area contributed by atoms with Gasteiger partial charge in [0, 0.05) is 49.7 Å². The van der Waals surface area contributed by atoms with E-state index in [-0.39, 0.29) is 55.1 Å². The van der Waals surface area contributed by atoms with Gasteiger partial charge in [0.25, 0.3) is 0 Å². The third-order valence-electron chi connectivity index (χ3n) is 4.67. The van der Waals surface area contributed by atoms with E-state index >= 15 is 0 Å². The first-order valence-corrected chi connectivity index (χ1v) is 9.51. The summed E-state index contributed by atoms with van der Waals surface area (Å²) in [5, 5.41) is 8.88. The summed E-state index contributed by atoms with van der Waals surface area (Å²) in [4.78, 5) is 10.8. The molecule has 0 heterocycles. The second-order valence-electron chi connectivity index (χ2n) is 7.30. The van der Waals surface area contributed by atoms with Gasteiger partial charge in [-0.2, -0.15) is 116 Å². The maximum atomic E-state index is 10.8.